The molecule has 0 saturated carbocycles. The number of hydrogen-bond acceptors (Lipinski definition) is 7. The molecule has 0 fully saturated rings. The van der Waals surface area contributed by atoms with Gasteiger partial charge in [-0.05, 0) is 30.7 Å². The van der Waals surface area contributed by atoms with Crippen molar-refractivity contribution in [1.82, 2.24) is 15.4 Å². The van der Waals surface area contributed by atoms with E-state index in [1.165, 1.54) is 0 Å². The van der Waals surface area contributed by atoms with Crippen LogP contribution in [-0.4, -0.2) is 36.3 Å². The van der Waals surface area contributed by atoms with Gasteiger partial charge in [-0.25, -0.2) is 4.79 Å². The van der Waals surface area contributed by atoms with Gasteiger partial charge >= 0.3 is 5.97 Å². The molecule has 0 atom stereocenters. The van der Waals surface area contributed by atoms with Crippen molar-refractivity contribution in [1.29, 1.82) is 0 Å². The van der Waals surface area contributed by atoms with Crippen molar-refractivity contribution in [2.75, 3.05) is 20.3 Å². The lowest BCUT2D eigenvalue weighted by atomic mass is 10.0. The molecule has 2 aromatic heterocycles. The second-order valence-corrected chi connectivity index (χ2v) is 7.88. The smallest absolute Gasteiger partial charge is 0.338 e. The zero-order chi connectivity index (χ0) is 23.5. The number of benzene rings is 2. The maximum atomic E-state index is 12.5. The second-order valence-electron chi connectivity index (χ2n) is 7.88. The van der Waals surface area contributed by atoms with Gasteiger partial charge < -0.3 is 19.2 Å². The molecule has 1 aliphatic heterocycles. The number of carbonyl (C=O) groups is 1. The summed E-state index contributed by atoms with van der Waals surface area (Å²) in [6.07, 6.45) is 1.75. The highest BCUT2D eigenvalue weighted by Crippen LogP contribution is 2.35. The molecule has 0 bridgehead atoms. The first-order chi connectivity index (χ1) is 16.7. The van der Waals surface area contributed by atoms with E-state index in [9.17, 15) is 4.79 Å². The summed E-state index contributed by atoms with van der Waals surface area (Å²) in [7, 11) is 1.63. The third kappa shape index (κ3) is 4.09. The van der Waals surface area contributed by atoms with E-state index in [1.54, 1.807) is 20.2 Å². The van der Waals surface area contributed by atoms with Gasteiger partial charge in [-0.1, -0.05) is 30.3 Å². The van der Waals surface area contributed by atoms with Crippen LogP contribution >= 0.6 is 0 Å². The van der Waals surface area contributed by atoms with E-state index < -0.39 is 5.97 Å². The molecule has 0 amide bonds. The van der Waals surface area contributed by atoms with Gasteiger partial charge in [-0.2, -0.15) is 0 Å². The normalized spacial score (nSPS) is 13.5. The summed E-state index contributed by atoms with van der Waals surface area (Å²) >= 11 is 0. The standard InChI is InChI=1S/C26H25N3O5/c1-3-32-26(30)20-15-34-29-25(20)24-19(14-31-2)23-18-11-17(33-13-16-7-5-4-6-8-16)9-10-21(18)28-22(23)12-27-24/h4-12,28-29H,3,13-15H2,1-2H3. The first kappa shape index (κ1) is 21.9. The van der Waals surface area contributed by atoms with Gasteiger partial charge in [0, 0.05) is 29.0 Å². The van der Waals surface area contributed by atoms with E-state index in [2.05, 4.69) is 15.4 Å². The lowest BCUT2D eigenvalue weighted by Crippen LogP contribution is -2.13. The first-order valence-electron chi connectivity index (χ1n) is 11.1. The molecule has 1 aliphatic rings. The summed E-state index contributed by atoms with van der Waals surface area (Å²) in [5, 5.41) is 1.94. The molecule has 174 valence electrons. The highest BCUT2D eigenvalue weighted by molar-refractivity contribution is 6.10. The lowest BCUT2D eigenvalue weighted by Gasteiger charge is -2.12. The molecule has 3 heterocycles. The minimum Gasteiger partial charge on any atom is -0.489 e. The molecule has 0 aliphatic carbocycles. The highest BCUT2D eigenvalue weighted by Gasteiger charge is 2.28. The summed E-state index contributed by atoms with van der Waals surface area (Å²) in [5.74, 6) is 0.330. The van der Waals surface area contributed by atoms with Crippen LogP contribution in [0.1, 0.15) is 23.7 Å². The van der Waals surface area contributed by atoms with Gasteiger partial charge in [0.1, 0.15) is 19.0 Å². The zero-order valence-corrected chi connectivity index (χ0v) is 19.0. The van der Waals surface area contributed by atoms with Gasteiger partial charge in [-0.15, -0.1) is 0 Å². The molecular weight excluding hydrogens is 434 g/mol. The fourth-order valence-corrected chi connectivity index (χ4v) is 4.15. The predicted molar refractivity (Wildman–Crippen MR) is 128 cm³/mol. The van der Waals surface area contributed by atoms with E-state index >= 15 is 0 Å². The molecule has 0 unspecified atom stereocenters. The number of carbonyl (C=O) groups excluding carboxylic acids is 1. The maximum absolute atomic E-state index is 12.5. The summed E-state index contributed by atoms with van der Waals surface area (Å²) in [6.45, 7) is 2.92. The van der Waals surface area contributed by atoms with E-state index in [0.29, 0.717) is 30.2 Å². The van der Waals surface area contributed by atoms with Crippen molar-refractivity contribution < 1.29 is 23.8 Å². The molecule has 0 spiro atoms. The largest absolute Gasteiger partial charge is 0.489 e. The van der Waals surface area contributed by atoms with Crippen molar-refractivity contribution in [3.05, 3.63) is 77.1 Å². The molecular formula is C26H25N3O5. The van der Waals surface area contributed by atoms with Crippen molar-refractivity contribution in [3.8, 4) is 5.75 Å². The number of methoxy groups -OCH3 is 1. The Kier molecular flexibility index (Phi) is 6.16. The monoisotopic (exact) mass is 459 g/mol. The number of fused-ring (bicyclic) bond motifs is 3. The van der Waals surface area contributed by atoms with E-state index in [1.807, 2.05) is 48.5 Å². The van der Waals surface area contributed by atoms with Crippen molar-refractivity contribution in [2.45, 2.75) is 20.1 Å². The minimum absolute atomic E-state index is 0.103. The third-order valence-corrected chi connectivity index (χ3v) is 5.70. The zero-order valence-electron chi connectivity index (χ0n) is 19.0. The Morgan fingerprint density at radius 3 is 2.76 bits per heavy atom. The van der Waals surface area contributed by atoms with Crippen molar-refractivity contribution in [2.24, 2.45) is 0 Å². The topological polar surface area (TPSA) is 94.7 Å². The Morgan fingerprint density at radius 1 is 1.12 bits per heavy atom. The Balaban J connectivity index is 1.61. The second kappa shape index (κ2) is 9.54. The first-order valence-corrected chi connectivity index (χ1v) is 11.1. The lowest BCUT2D eigenvalue weighted by molar-refractivity contribution is -0.138. The Hall–Kier alpha value is -3.88. The summed E-state index contributed by atoms with van der Waals surface area (Å²) in [4.78, 5) is 25.9. The molecule has 4 aromatic rings. The maximum Gasteiger partial charge on any atom is 0.338 e. The SMILES string of the molecule is CCOC(=O)C1=C(c2ncc3[nH]c4ccc(OCc5ccccc5)cc4c3c2COC)NOC1. The van der Waals surface area contributed by atoms with Gasteiger partial charge in [-0.3, -0.25) is 15.3 Å². The predicted octanol–water partition coefficient (Wildman–Crippen LogP) is 4.25. The van der Waals surface area contributed by atoms with Crippen LogP contribution in [0.2, 0.25) is 0 Å². The van der Waals surface area contributed by atoms with Crippen LogP contribution in [0.15, 0.2) is 60.3 Å². The number of rotatable bonds is 8. The van der Waals surface area contributed by atoms with Crippen LogP contribution in [0.25, 0.3) is 27.5 Å². The number of aromatic amines is 1. The van der Waals surface area contributed by atoms with E-state index in [4.69, 9.17) is 19.0 Å². The number of H-pyrrole nitrogens is 1. The quantitative estimate of drug-likeness (QED) is 0.380. The molecule has 2 N–H and O–H groups in total. The molecule has 0 saturated heterocycles. The van der Waals surface area contributed by atoms with Gasteiger partial charge in [0.15, 0.2) is 0 Å². The fraction of sp³-hybridized carbons (Fsp3) is 0.231. The molecule has 0 radical (unpaired) electrons. The summed E-state index contributed by atoms with van der Waals surface area (Å²) in [5.41, 5.74) is 8.08. The van der Waals surface area contributed by atoms with Crippen LogP contribution in [-0.2, 0) is 32.3 Å². The van der Waals surface area contributed by atoms with Crippen LogP contribution in [0.3, 0.4) is 0 Å². The molecule has 8 nitrogen and oxygen atoms in total. The molecule has 34 heavy (non-hydrogen) atoms. The Labute approximate surface area is 196 Å². The van der Waals surface area contributed by atoms with Crippen molar-refractivity contribution >= 4 is 33.5 Å². The van der Waals surface area contributed by atoms with E-state index in [-0.39, 0.29) is 13.2 Å². The number of esters is 1. The highest BCUT2D eigenvalue weighted by atomic mass is 16.7. The number of ether oxygens (including phenoxy) is 3. The average Bonchev–Trinajstić information content (AvgIpc) is 3.49. The van der Waals surface area contributed by atoms with E-state index in [0.717, 1.165) is 38.7 Å². The average molecular weight is 460 g/mol. The molecule has 8 heteroatoms. The van der Waals surface area contributed by atoms with Gasteiger partial charge in [0.2, 0.25) is 0 Å². The van der Waals surface area contributed by atoms with Gasteiger partial charge in [0.05, 0.1) is 41.9 Å². The van der Waals surface area contributed by atoms with Crippen LogP contribution in [0.5, 0.6) is 5.75 Å². The van der Waals surface area contributed by atoms with Crippen LogP contribution in [0.4, 0.5) is 0 Å². The van der Waals surface area contributed by atoms with Gasteiger partial charge in [0.25, 0.3) is 0 Å². The number of hydrogen-bond donors (Lipinski definition) is 2. The number of nitrogens with one attached hydrogen (secondary N) is 2. The van der Waals surface area contributed by atoms with Crippen LogP contribution < -0.4 is 10.2 Å². The summed E-state index contributed by atoms with van der Waals surface area (Å²) in [6, 6.07) is 16.0. The third-order valence-electron chi connectivity index (χ3n) is 5.70. The number of aromatic nitrogens is 2. The van der Waals surface area contributed by atoms with Crippen LogP contribution in [0, 0.1) is 0 Å². The Bertz CT molecular complexity index is 1380. The Morgan fingerprint density at radius 2 is 1.97 bits per heavy atom. The van der Waals surface area contributed by atoms with Crippen molar-refractivity contribution in [3.63, 3.8) is 0 Å². The molecule has 2 aromatic carbocycles. The molecule has 5 rings (SSSR count). The fourth-order valence-electron chi connectivity index (χ4n) is 4.15. The number of nitrogens with zero attached hydrogens (tertiary/aromatic N) is 1. The summed E-state index contributed by atoms with van der Waals surface area (Å²) < 4.78 is 16.8. The number of hydroxylamine groups is 1. The minimum atomic E-state index is -0.428. The number of pyridine rings is 1.